The topological polar surface area (TPSA) is 50.3 Å². The van der Waals surface area contributed by atoms with Gasteiger partial charge >= 0.3 is 0 Å². The Morgan fingerprint density at radius 2 is 1.59 bits per heavy atom. The third kappa shape index (κ3) is 3.59. The van der Waals surface area contributed by atoms with Gasteiger partial charge in [-0.15, -0.1) is 0 Å². The molecule has 32 heavy (non-hydrogen) atoms. The third-order valence-corrected chi connectivity index (χ3v) is 7.39. The van der Waals surface area contributed by atoms with E-state index in [0.717, 1.165) is 18.7 Å². The zero-order valence-electron chi connectivity index (χ0n) is 17.9. The standard InChI is InChI=1S/C26H23FN2O2S/c1-17(29-15-19-8-3-4-9-20(19)16-29)22-14-18-10-7-12-23(27)25(18)28-26(22)21-11-5-6-13-24(21)32(2,30)31/h3-14,17H,15-16H2,1-2H3/t17-/m0/s1. The van der Waals surface area contributed by atoms with E-state index in [1.165, 1.54) is 23.4 Å². The summed E-state index contributed by atoms with van der Waals surface area (Å²) in [7, 11) is -3.50. The summed E-state index contributed by atoms with van der Waals surface area (Å²) in [6.45, 7) is 3.69. The van der Waals surface area contributed by atoms with Crippen LogP contribution in [0.5, 0.6) is 0 Å². The van der Waals surface area contributed by atoms with Gasteiger partial charge in [-0.05, 0) is 41.8 Å². The van der Waals surface area contributed by atoms with Crippen molar-refractivity contribution in [1.29, 1.82) is 0 Å². The molecule has 162 valence electrons. The van der Waals surface area contributed by atoms with Crippen LogP contribution < -0.4 is 0 Å². The maximum absolute atomic E-state index is 14.6. The van der Waals surface area contributed by atoms with Gasteiger partial charge in [0.05, 0.1) is 10.6 Å². The molecule has 0 spiro atoms. The van der Waals surface area contributed by atoms with E-state index in [-0.39, 0.29) is 16.5 Å². The normalized spacial score (nSPS) is 15.1. The van der Waals surface area contributed by atoms with Gasteiger partial charge in [0.15, 0.2) is 9.84 Å². The van der Waals surface area contributed by atoms with E-state index in [9.17, 15) is 12.8 Å². The fourth-order valence-electron chi connectivity index (χ4n) is 4.53. The van der Waals surface area contributed by atoms with E-state index in [4.69, 9.17) is 4.98 Å². The van der Waals surface area contributed by atoms with Crippen molar-refractivity contribution in [3.63, 3.8) is 0 Å². The van der Waals surface area contributed by atoms with E-state index >= 15 is 0 Å². The molecule has 1 aromatic heterocycles. The number of hydrogen-bond donors (Lipinski definition) is 0. The maximum atomic E-state index is 14.6. The summed E-state index contributed by atoms with van der Waals surface area (Å²) in [5, 5.41) is 0.698. The number of rotatable bonds is 4. The number of benzene rings is 3. The number of hydrogen-bond acceptors (Lipinski definition) is 4. The van der Waals surface area contributed by atoms with Gasteiger partial charge in [-0.25, -0.2) is 17.8 Å². The average Bonchev–Trinajstić information content (AvgIpc) is 3.22. The Kier molecular flexibility index (Phi) is 5.07. The van der Waals surface area contributed by atoms with Gasteiger partial charge in [-0.3, -0.25) is 4.90 Å². The summed E-state index contributed by atoms with van der Waals surface area (Å²) in [5.74, 6) is -0.423. The van der Waals surface area contributed by atoms with E-state index in [2.05, 4.69) is 24.0 Å². The minimum atomic E-state index is -3.50. The first-order valence-electron chi connectivity index (χ1n) is 10.5. The minimum Gasteiger partial charge on any atom is -0.288 e. The minimum absolute atomic E-state index is 0.0508. The van der Waals surface area contributed by atoms with Crippen LogP contribution in [0.25, 0.3) is 22.2 Å². The molecule has 0 aliphatic carbocycles. The van der Waals surface area contributed by atoms with E-state index < -0.39 is 15.7 Å². The van der Waals surface area contributed by atoms with Gasteiger partial charge in [-0.2, -0.15) is 0 Å². The Labute approximate surface area is 187 Å². The molecule has 1 aliphatic rings. The smallest absolute Gasteiger partial charge is 0.176 e. The molecule has 2 heterocycles. The first-order chi connectivity index (χ1) is 15.3. The number of para-hydroxylation sites is 1. The lowest BCUT2D eigenvalue weighted by Crippen LogP contribution is -2.22. The van der Waals surface area contributed by atoms with E-state index in [1.807, 2.05) is 24.3 Å². The largest absolute Gasteiger partial charge is 0.288 e. The average molecular weight is 447 g/mol. The van der Waals surface area contributed by atoms with Crippen molar-refractivity contribution >= 4 is 20.7 Å². The number of fused-ring (bicyclic) bond motifs is 2. The summed E-state index contributed by atoms with van der Waals surface area (Å²) >= 11 is 0. The van der Waals surface area contributed by atoms with Gasteiger partial charge in [-0.1, -0.05) is 54.6 Å². The Balaban J connectivity index is 1.71. The molecule has 0 saturated heterocycles. The first kappa shape index (κ1) is 20.8. The lowest BCUT2D eigenvalue weighted by molar-refractivity contribution is 0.215. The number of aromatic nitrogens is 1. The van der Waals surface area contributed by atoms with Gasteiger partial charge in [0.1, 0.15) is 11.3 Å². The van der Waals surface area contributed by atoms with Crippen LogP contribution in [0.2, 0.25) is 0 Å². The summed E-state index contributed by atoms with van der Waals surface area (Å²) < 4.78 is 39.7. The molecule has 0 bridgehead atoms. The lowest BCUT2D eigenvalue weighted by Gasteiger charge is -2.27. The van der Waals surface area contributed by atoms with Crippen LogP contribution in [0.3, 0.4) is 0 Å². The zero-order chi connectivity index (χ0) is 22.5. The van der Waals surface area contributed by atoms with Crippen molar-refractivity contribution in [3.05, 3.63) is 95.3 Å². The highest BCUT2D eigenvalue weighted by Crippen LogP contribution is 2.38. The van der Waals surface area contributed by atoms with Crippen LogP contribution in [-0.2, 0) is 22.9 Å². The predicted molar refractivity (Wildman–Crippen MR) is 124 cm³/mol. The molecule has 1 aliphatic heterocycles. The Morgan fingerprint density at radius 3 is 2.28 bits per heavy atom. The van der Waals surface area contributed by atoms with Crippen molar-refractivity contribution < 1.29 is 12.8 Å². The molecule has 3 aromatic carbocycles. The lowest BCUT2D eigenvalue weighted by atomic mass is 9.97. The Hall–Kier alpha value is -3.09. The molecule has 0 saturated carbocycles. The van der Waals surface area contributed by atoms with E-state index in [1.54, 1.807) is 30.3 Å². The number of sulfone groups is 1. The fourth-order valence-corrected chi connectivity index (χ4v) is 5.42. The molecule has 0 N–H and O–H groups in total. The highest BCUT2D eigenvalue weighted by molar-refractivity contribution is 7.90. The fraction of sp³-hybridized carbons (Fsp3) is 0.192. The van der Waals surface area contributed by atoms with Crippen molar-refractivity contribution in [2.24, 2.45) is 0 Å². The quantitative estimate of drug-likeness (QED) is 0.414. The number of halogens is 1. The summed E-state index contributed by atoms with van der Waals surface area (Å²) in [4.78, 5) is 7.22. The van der Waals surface area contributed by atoms with Gasteiger partial charge in [0, 0.05) is 36.3 Å². The third-order valence-electron chi connectivity index (χ3n) is 6.23. The van der Waals surface area contributed by atoms with Crippen molar-refractivity contribution in [1.82, 2.24) is 9.88 Å². The molecule has 1 atom stereocenters. The second-order valence-corrected chi connectivity index (χ2v) is 10.3. The van der Waals surface area contributed by atoms with Crippen LogP contribution in [0.1, 0.15) is 29.7 Å². The van der Waals surface area contributed by atoms with Crippen molar-refractivity contribution in [2.45, 2.75) is 31.0 Å². The molecule has 6 heteroatoms. The number of nitrogens with zero attached hydrogens (tertiary/aromatic N) is 2. The molecule has 0 fully saturated rings. The molecule has 4 nitrogen and oxygen atoms in total. The maximum Gasteiger partial charge on any atom is 0.176 e. The van der Waals surface area contributed by atoms with Crippen molar-refractivity contribution in [3.8, 4) is 11.3 Å². The second-order valence-electron chi connectivity index (χ2n) is 8.36. The molecule has 0 unspecified atom stereocenters. The molecular formula is C26H23FN2O2S. The van der Waals surface area contributed by atoms with Crippen LogP contribution in [0.15, 0.2) is 77.7 Å². The molecular weight excluding hydrogens is 423 g/mol. The molecule has 0 amide bonds. The first-order valence-corrected chi connectivity index (χ1v) is 12.4. The van der Waals surface area contributed by atoms with Crippen LogP contribution in [0.4, 0.5) is 4.39 Å². The van der Waals surface area contributed by atoms with Crippen molar-refractivity contribution in [2.75, 3.05) is 6.26 Å². The zero-order valence-corrected chi connectivity index (χ0v) is 18.7. The summed E-state index contributed by atoms with van der Waals surface area (Å²) in [5.41, 5.74) is 4.71. The molecule has 5 rings (SSSR count). The Morgan fingerprint density at radius 1 is 0.938 bits per heavy atom. The second kappa shape index (κ2) is 7.80. The monoisotopic (exact) mass is 446 g/mol. The molecule has 4 aromatic rings. The van der Waals surface area contributed by atoms with Gasteiger partial charge < -0.3 is 0 Å². The van der Waals surface area contributed by atoms with Crippen LogP contribution in [0, 0.1) is 5.82 Å². The van der Waals surface area contributed by atoms with E-state index in [0.29, 0.717) is 16.6 Å². The SMILES string of the molecule is C[C@@H](c1cc2cccc(F)c2nc1-c1ccccc1S(C)(=O)=O)N1Cc2ccccc2C1. The summed E-state index contributed by atoms with van der Waals surface area (Å²) in [6.07, 6.45) is 1.19. The Bertz CT molecular complexity index is 1420. The number of pyridine rings is 1. The highest BCUT2D eigenvalue weighted by atomic mass is 32.2. The van der Waals surface area contributed by atoms with Gasteiger partial charge in [0.25, 0.3) is 0 Å². The summed E-state index contributed by atoms with van der Waals surface area (Å²) in [6, 6.07) is 22.0. The van der Waals surface area contributed by atoms with Gasteiger partial charge in [0.2, 0.25) is 0 Å². The van der Waals surface area contributed by atoms with Crippen LogP contribution >= 0.6 is 0 Å². The molecule has 0 radical (unpaired) electrons. The van der Waals surface area contributed by atoms with Crippen LogP contribution in [-0.4, -0.2) is 24.6 Å². The predicted octanol–water partition coefficient (Wildman–Crippen LogP) is 5.52. The highest BCUT2D eigenvalue weighted by Gasteiger charge is 2.28.